The topological polar surface area (TPSA) is 128 Å². The molecule has 1 saturated heterocycles. The SMILES string of the molecule is CCCNC(=O)c1ccc(C2=C(C(=O)OCc3ccc([N+](=O)[O-])cc3)N3C(=O)[C@H](CCO[Si](C)(C)C(C)(C)C)[C@H]3S2)cc1. The highest BCUT2D eigenvalue weighted by molar-refractivity contribution is 8.09. The Labute approximate surface area is 257 Å². The number of benzene rings is 2. The molecule has 2 aromatic rings. The molecule has 0 unspecified atom stereocenters. The second-order valence-electron chi connectivity index (χ2n) is 12.2. The van der Waals surface area contributed by atoms with Gasteiger partial charge in [0.25, 0.3) is 11.6 Å². The summed E-state index contributed by atoms with van der Waals surface area (Å²) < 4.78 is 11.9. The van der Waals surface area contributed by atoms with E-state index in [-0.39, 0.29) is 46.1 Å². The minimum Gasteiger partial charge on any atom is -0.456 e. The number of nitrogens with one attached hydrogen (secondary N) is 1. The molecule has 4 rings (SSSR count). The zero-order chi connectivity index (χ0) is 31.5. The minimum atomic E-state index is -1.98. The summed E-state index contributed by atoms with van der Waals surface area (Å²) in [5, 5.41) is 13.6. The Morgan fingerprint density at radius 1 is 1.09 bits per heavy atom. The lowest BCUT2D eigenvalue weighted by Crippen LogP contribution is -2.57. The average molecular weight is 626 g/mol. The third-order valence-electron chi connectivity index (χ3n) is 8.20. The van der Waals surface area contributed by atoms with Gasteiger partial charge in [0, 0.05) is 35.8 Å². The Bertz CT molecular complexity index is 1420. The van der Waals surface area contributed by atoms with E-state index < -0.39 is 19.2 Å². The number of thioether (sulfide) groups is 1. The lowest BCUT2D eigenvalue weighted by Gasteiger charge is -2.43. The minimum absolute atomic E-state index is 0.0553. The first-order valence-electron chi connectivity index (χ1n) is 14.4. The van der Waals surface area contributed by atoms with Crippen molar-refractivity contribution in [1.82, 2.24) is 10.2 Å². The van der Waals surface area contributed by atoms with E-state index in [4.69, 9.17) is 9.16 Å². The Morgan fingerprint density at radius 3 is 2.33 bits per heavy atom. The first kappa shape index (κ1) is 32.4. The molecule has 1 N–H and O–H groups in total. The number of β-lactam (4-membered cyclic amide) rings is 1. The van der Waals surface area contributed by atoms with Crippen LogP contribution in [0.5, 0.6) is 0 Å². The van der Waals surface area contributed by atoms with E-state index in [2.05, 4.69) is 39.2 Å². The van der Waals surface area contributed by atoms with E-state index in [9.17, 15) is 24.5 Å². The van der Waals surface area contributed by atoms with Gasteiger partial charge in [-0.3, -0.25) is 24.6 Å². The lowest BCUT2D eigenvalue weighted by atomic mass is 9.94. The molecule has 2 aliphatic heterocycles. The number of carbonyl (C=O) groups excluding carboxylic acids is 3. The van der Waals surface area contributed by atoms with Gasteiger partial charge in [0.1, 0.15) is 12.3 Å². The van der Waals surface area contributed by atoms with E-state index in [0.29, 0.717) is 41.2 Å². The van der Waals surface area contributed by atoms with Crippen molar-refractivity contribution >= 4 is 48.5 Å². The number of rotatable bonds is 12. The van der Waals surface area contributed by atoms with E-state index in [1.807, 2.05) is 6.92 Å². The number of esters is 1. The lowest BCUT2D eigenvalue weighted by molar-refractivity contribution is -0.384. The summed E-state index contributed by atoms with van der Waals surface area (Å²) in [7, 11) is -1.98. The van der Waals surface area contributed by atoms with Crippen LogP contribution in [-0.2, 0) is 25.4 Å². The third kappa shape index (κ3) is 7.02. The largest absolute Gasteiger partial charge is 0.456 e. The number of non-ortho nitro benzene ring substituents is 1. The number of nitrogens with zero attached hydrogens (tertiary/aromatic N) is 2. The van der Waals surface area contributed by atoms with Gasteiger partial charge in [-0.05, 0) is 66.4 Å². The first-order valence-corrected chi connectivity index (χ1v) is 18.2. The van der Waals surface area contributed by atoms with E-state index >= 15 is 0 Å². The highest BCUT2D eigenvalue weighted by atomic mass is 32.2. The van der Waals surface area contributed by atoms with Crippen LogP contribution in [0.3, 0.4) is 0 Å². The van der Waals surface area contributed by atoms with Gasteiger partial charge in [-0.2, -0.15) is 0 Å². The van der Waals surface area contributed by atoms with Crippen molar-refractivity contribution in [3.8, 4) is 0 Å². The van der Waals surface area contributed by atoms with Gasteiger partial charge in [0.15, 0.2) is 8.32 Å². The van der Waals surface area contributed by atoms with Crippen molar-refractivity contribution in [3.05, 3.63) is 81.0 Å². The number of amides is 2. The molecule has 0 bridgehead atoms. The third-order valence-corrected chi connectivity index (χ3v) is 14.2. The van der Waals surface area contributed by atoms with Crippen LogP contribution < -0.4 is 5.32 Å². The maximum absolute atomic E-state index is 13.5. The van der Waals surface area contributed by atoms with Crippen LogP contribution >= 0.6 is 11.8 Å². The monoisotopic (exact) mass is 625 g/mol. The zero-order valence-electron chi connectivity index (χ0n) is 25.5. The van der Waals surface area contributed by atoms with Gasteiger partial charge < -0.3 is 14.5 Å². The van der Waals surface area contributed by atoms with Gasteiger partial charge in [-0.25, -0.2) is 4.79 Å². The Kier molecular flexibility index (Phi) is 9.82. The molecule has 0 saturated carbocycles. The van der Waals surface area contributed by atoms with Gasteiger partial charge in [0.2, 0.25) is 5.91 Å². The summed E-state index contributed by atoms with van der Waals surface area (Å²) in [6.07, 6.45) is 1.38. The standard InChI is InChI=1S/C31H39N3O7SSi/c1-7-17-32-27(35)22-12-10-21(11-13-22)26-25(30(37)40-19-20-8-14-23(15-9-20)34(38)39)33-28(36)24(29(33)42-26)16-18-41-43(5,6)31(2,3)4/h8-15,24,29H,7,16-19H2,1-6H3,(H,32,35)/t24-,29+/m0/s1. The van der Waals surface area contributed by atoms with Crippen molar-refractivity contribution in [2.24, 2.45) is 5.92 Å². The quantitative estimate of drug-likeness (QED) is 0.0987. The Morgan fingerprint density at radius 2 is 1.74 bits per heavy atom. The highest BCUT2D eigenvalue weighted by Crippen LogP contribution is 2.54. The molecule has 1 fully saturated rings. The van der Waals surface area contributed by atoms with E-state index in [0.717, 1.165) is 6.42 Å². The predicted octanol–water partition coefficient (Wildman–Crippen LogP) is 6.09. The van der Waals surface area contributed by atoms with Crippen LogP contribution in [0.15, 0.2) is 54.2 Å². The van der Waals surface area contributed by atoms with Gasteiger partial charge in [-0.1, -0.05) is 51.6 Å². The number of carbonyl (C=O) groups is 3. The van der Waals surface area contributed by atoms with Crippen LogP contribution in [0.25, 0.3) is 4.91 Å². The van der Waals surface area contributed by atoms with E-state index in [1.165, 1.54) is 40.9 Å². The van der Waals surface area contributed by atoms with Crippen molar-refractivity contribution in [3.63, 3.8) is 0 Å². The first-order chi connectivity index (χ1) is 20.2. The summed E-state index contributed by atoms with van der Waals surface area (Å²) in [5.74, 6) is -1.28. The van der Waals surface area contributed by atoms with Gasteiger partial charge in [0.05, 0.1) is 16.2 Å². The fraction of sp³-hybridized carbons (Fsp3) is 0.452. The van der Waals surface area contributed by atoms with Gasteiger partial charge >= 0.3 is 5.97 Å². The van der Waals surface area contributed by atoms with Crippen LogP contribution in [0.4, 0.5) is 5.69 Å². The maximum Gasteiger partial charge on any atom is 0.356 e. The van der Waals surface area contributed by atoms with E-state index in [1.54, 1.807) is 24.3 Å². The van der Waals surface area contributed by atoms with Crippen molar-refractivity contribution < 1.29 is 28.5 Å². The molecule has 0 spiro atoms. The van der Waals surface area contributed by atoms with Crippen molar-refractivity contribution in [2.45, 2.75) is 70.6 Å². The Balaban J connectivity index is 1.54. The fourth-order valence-corrected chi connectivity index (χ4v) is 7.15. The number of nitro groups is 1. The van der Waals surface area contributed by atoms with Crippen LogP contribution in [0.1, 0.15) is 62.0 Å². The number of fused-ring (bicyclic) bond motifs is 1. The molecular formula is C31H39N3O7SSi. The maximum atomic E-state index is 13.5. The van der Waals surface area contributed by atoms with Crippen LogP contribution in [0, 0.1) is 16.0 Å². The molecule has 2 amide bonds. The summed E-state index contributed by atoms with van der Waals surface area (Å²) in [6.45, 7) is 13.8. The van der Waals surface area contributed by atoms with Crippen LogP contribution in [0.2, 0.25) is 18.1 Å². The molecular weight excluding hydrogens is 587 g/mol. The molecule has 10 nitrogen and oxygen atoms in total. The predicted molar refractivity (Wildman–Crippen MR) is 168 cm³/mol. The summed E-state index contributed by atoms with van der Waals surface area (Å²) >= 11 is 1.44. The van der Waals surface area contributed by atoms with Crippen molar-refractivity contribution in [2.75, 3.05) is 13.2 Å². The second kappa shape index (κ2) is 13.0. The number of hydrogen-bond acceptors (Lipinski definition) is 8. The number of ether oxygens (including phenoxy) is 1. The second-order valence-corrected chi connectivity index (χ2v) is 18.2. The Hall–Kier alpha value is -3.48. The summed E-state index contributed by atoms with van der Waals surface area (Å²) in [4.78, 5) is 51.9. The molecule has 0 aromatic heterocycles. The molecule has 2 heterocycles. The van der Waals surface area contributed by atoms with Gasteiger partial charge in [-0.15, -0.1) is 0 Å². The highest BCUT2D eigenvalue weighted by Gasteiger charge is 2.56. The normalized spacial score (nSPS) is 18.3. The number of hydrogen-bond donors (Lipinski definition) is 1. The molecule has 230 valence electrons. The molecule has 2 aromatic carbocycles. The molecule has 12 heteroatoms. The zero-order valence-corrected chi connectivity index (χ0v) is 27.3. The molecule has 43 heavy (non-hydrogen) atoms. The summed E-state index contributed by atoms with van der Waals surface area (Å²) in [5.41, 5.74) is 1.91. The average Bonchev–Trinajstić information content (AvgIpc) is 3.32. The number of nitro benzene ring substituents is 1. The molecule has 2 aliphatic rings. The smallest absolute Gasteiger partial charge is 0.356 e. The molecule has 2 atom stereocenters. The fourth-order valence-electron chi connectivity index (χ4n) is 4.55. The van der Waals surface area contributed by atoms with Crippen molar-refractivity contribution in [1.29, 1.82) is 0 Å². The van der Waals surface area contributed by atoms with Crippen LogP contribution in [-0.4, -0.2) is 54.4 Å². The molecule has 0 radical (unpaired) electrons. The molecule has 0 aliphatic carbocycles. The summed E-state index contributed by atoms with van der Waals surface area (Å²) in [6, 6.07) is 12.7.